The van der Waals surface area contributed by atoms with Gasteiger partial charge in [0.25, 0.3) is 0 Å². The molecule has 0 amide bonds. The van der Waals surface area contributed by atoms with Crippen LogP contribution in [0.1, 0.15) is 44.1 Å². The van der Waals surface area contributed by atoms with Crippen LogP contribution in [-0.4, -0.2) is 11.2 Å². The molecule has 64 valence electrons. The molecule has 0 heterocycles. The van der Waals surface area contributed by atoms with Crippen LogP contribution in [0.25, 0.3) is 0 Å². The fourth-order valence-corrected chi connectivity index (χ4v) is 2.50. The molecule has 0 aliphatic heterocycles. The summed E-state index contributed by atoms with van der Waals surface area (Å²) in [7, 11) is 0. The molecule has 2 fully saturated rings. The zero-order chi connectivity index (χ0) is 11.0. The van der Waals surface area contributed by atoms with E-state index >= 15 is 0 Å². The molecule has 3 atom stereocenters. The Labute approximate surface area is 73.0 Å². The first kappa shape index (κ1) is 4.86. The van der Waals surface area contributed by atoms with Crippen LogP contribution in [0.2, 0.25) is 0 Å². The van der Waals surface area contributed by atoms with Gasteiger partial charge in [0.05, 0.1) is 7.45 Å². The third kappa shape index (κ3) is 0.658. The van der Waals surface area contributed by atoms with E-state index in [4.69, 9.17) is 4.11 Å². The minimum Gasteiger partial charge on any atom is -0.393 e. The van der Waals surface area contributed by atoms with Gasteiger partial charge in [-0.05, 0) is 36.0 Å². The van der Waals surface area contributed by atoms with Crippen LogP contribution in [0.5, 0.6) is 0 Å². The van der Waals surface area contributed by atoms with Crippen LogP contribution in [0, 0.1) is 16.7 Å². The van der Waals surface area contributed by atoms with Crippen LogP contribution in [0.15, 0.2) is 0 Å². The van der Waals surface area contributed by atoms with Crippen LogP contribution >= 0.6 is 0 Å². The van der Waals surface area contributed by atoms with E-state index in [-0.39, 0.29) is 11.3 Å². The maximum Gasteiger partial charge on any atom is 0.0606 e. The van der Waals surface area contributed by atoms with Gasteiger partial charge in [0.2, 0.25) is 0 Å². The first-order chi connectivity index (χ1) is 6.09. The third-order valence-electron chi connectivity index (χ3n) is 4.06. The standard InChI is InChI=1S/C10H18O/c1-9(2)7-4-5-10(9,3)8(11)6-7/h7-8,11H,4-6H2,1-3H3/t7-,8-,10-/m1/s1/i6D2,8D. The molecule has 0 radical (unpaired) electrons. The molecule has 0 unspecified atom stereocenters. The summed E-state index contributed by atoms with van der Waals surface area (Å²) in [6, 6.07) is 0. The Morgan fingerprint density at radius 2 is 2.18 bits per heavy atom. The number of hydrogen-bond donors (Lipinski definition) is 1. The van der Waals surface area contributed by atoms with Gasteiger partial charge in [0.15, 0.2) is 0 Å². The van der Waals surface area contributed by atoms with Crippen molar-refractivity contribution in [3.63, 3.8) is 0 Å². The van der Waals surface area contributed by atoms with Crippen LogP contribution in [0.4, 0.5) is 0 Å². The Morgan fingerprint density at radius 3 is 2.45 bits per heavy atom. The van der Waals surface area contributed by atoms with E-state index in [0.717, 1.165) is 12.8 Å². The molecule has 0 aromatic carbocycles. The smallest absolute Gasteiger partial charge is 0.0606 e. The minimum absolute atomic E-state index is 0.192. The molecule has 0 aromatic rings. The Kier molecular flexibility index (Phi) is 0.804. The van der Waals surface area contributed by atoms with E-state index in [1.165, 1.54) is 0 Å². The molecule has 0 saturated heterocycles. The highest BCUT2D eigenvalue weighted by molar-refractivity contribution is 5.10. The van der Waals surface area contributed by atoms with E-state index in [2.05, 4.69) is 0 Å². The summed E-state index contributed by atoms with van der Waals surface area (Å²) in [6.45, 7) is 5.81. The lowest BCUT2D eigenvalue weighted by atomic mass is 9.70. The van der Waals surface area contributed by atoms with E-state index in [1.807, 2.05) is 20.8 Å². The van der Waals surface area contributed by atoms with E-state index in [9.17, 15) is 5.11 Å². The zero-order valence-corrected chi connectivity index (χ0v) is 7.44. The normalized spacial score (nSPS) is 68.7. The van der Waals surface area contributed by atoms with Crippen molar-refractivity contribution >= 4 is 0 Å². The first-order valence-electron chi connectivity index (χ1n) is 5.81. The van der Waals surface area contributed by atoms with Gasteiger partial charge in [-0.2, -0.15) is 0 Å². The summed E-state index contributed by atoms with van der Waals surface area (Å²) in [5.74, 6) is -0.192. The van der Waals surface area contributed by atoms with Crippen molar-refractivity contribution in [2.24, 2.45) is 16.7 Å². The monoisotopic (exact) mass is 157 g/mol. The summed E-state index contributed by atoms with van der Waals surface area (Å²) in [5, 5.41) is 10.1. The first-order valence-corrected chi connectivity index (χ1v) is 4.31. The Balaban J connectivity index is 2.62. The van der Waals surface area contributed by atoms with Crippen molar-refractivity contribution in [1.29, 1.82) is 0 Å². The Bertz CT molecular complexity index is 277. The molecule has 2 rings (SSSR count). The molecule has 0 spiro atoms. The molecule has 11 heavy (non-hydrogen) atoms. The van der Waals surface area contributed by atoms with E-state index < -0.39 is 17.9 Å². The van der Waals surface area contributed by atoms with Gasteiger partial charge in [-0.15, -0.1) is 0 Å². The highest BCUT2D eigenvalue weighted by Crippen LogP contribution is 2.65. The molecular weight excluding hydrogens is 136 g/mol. The topological polar surface area (TPSA) is 20.2 Å². The van der Waals surface area contributed by atoms with Crippen LogP contribution in [0.3, 0.4) is 0 Å². The Hall–Kier alpha value is -0.0400. The van der Waals surface area contributed by atoms with Crippen molar-refractivity contribution in [1.82, 2.24) is 0 Å². The summed E-state index contributed by atoms with van der Waals surface area (Å²) in [5.41, 5.74) is -0.902. The fraction of sp³-hybridized carbons (Fsp3) is 1.00. The maximum absolute atomic E-state index is 10.1. The second-order valence-electron chi connectivity index (χ2n) is 4.64. The number of aliphatic hydroxyl groups is 1. The molecule has 2 bridgehead atoms. The van der Waals surface area contributed by atoms with Gasteiger partial charge in [-0.3, -0.25) is 0 Å². The van der Waals surface area contributed by atoms with Gasteiger partial charge in [-0.25, -0.2) is 0 Å². The molecule has 1 N–H and O–H groups in total. The predicted octanol–water partition coefficient (Wildman–Crippen LogP) is 2.19. The summed E-state index contributed by atoms with van der Waals surface area (Å²) in [4.78, 5) is 0. The van der Waals surface area contributed by atoms with Gasteiger partial charge in [-0.1, -0.05) is 20.8 Å². The van der Waals surface area contributed by atoms with Crippen LogP contribution in [-0.2, 0) is 0 Å². The lowest BCUT2D eigenvalue weighted by Crippen LogP contribution is -2.35. The van der Waals surface area contributed by atoms with Crippen molar-refractivity contribution < 1.29 is 9.22 Å². The minimum atomic E-state index is -1.94. The van der Waals surface area contributed by atoms with Gasteiger partial charge in [0, 0.05) is 2.74 Å². The molecule has 1 heteroatoms. The molecule has 0 aromatic heterocycles. The second kappa shape index (κ2) is 1.82. The van der Waals surface area contributed by atoms with Crippen molar-refractivity contribution in [3.8, 4) is 0 Å². The van der Waals surface area contributed by atoms with Crippen molar-refractivity contribution in [2.75, 3.05) is 0 Å². The maximum atomic E-state index is 10.1. The van der Waals surface area contributed by atoms with E-state index in [1.54, 1.807) is 0 Å². The van der Waals surface area contributed by atoms with Crippen molar-refractivity contribution in [2.45, 2.75) is 46.1 Å². The summed E-state index contributed by atoms with van der Waals surface area (Å²) < 4.78 is 23.7. The highest BCUT2D eigenvalue weighted by Gasteiger charge is 2.60. The molecule has 1 nitrogen and oxygen atoms in total. The lowest BCUT2D eigenvalue weighted by molar-refractivity contribution is 0.0126. The lowest BCUT2D eigenvalue weighted by Gasteiger charge is -2.36. The average molecular weight is 157 g/mol. The fourth-order valence-electron chi connectivity index (χ4n) is 2.50. The molecule has 2 saturated carbocycles. The van der Waals surface area contributed by atoms with Crippen LogP contribution < -0.4 is 0 Å². The molecule has 2 aliphatic rings. The molecule has 2 aliphatic carbocycles. The zero-order valence-electron chi connectivity index (χ0n) is 10.4. The number of rotatable bonds is 0. The SMILES string of the molecule is [2H]C1([2H])[C@H]2CC[C@@](C)(C2(C)C)[C@]1([2H])O. The largest absolute Gasteiger partial charge is 0.393 e. The summed E-state index contributed by atoms with van der Waals surface area (Å²) >= 11 is 0. The second-order valence-corrected chi connectivity index (χ2v) is 4.64. The van der Waals surface area contributed by atoms with Gasteiger partial charge in [0.1, 0.15) is 0 Å². The van der Waals surface area contributed by atoms with Crippen molar-refractivity contribution in [3.05, 3.63) is 0 Å². The predicted molar refractivity (Wildman–Crippen MR) is 45.2 cm³/mol. The Morgan fingerprint density at radius 1 is 1.55 bits per heavy atom. The van der Waals surface area contributed by atoms with E-state index in [0.29, 0.717) is 0 Å². The van der Waals surface area contributed by atoms with Gasteiger partial charge >= 0.3 is 0 Å². The quantitative estimate of drug-likeness (QED) is 0.571. The molecular formula is C10H18O. The average Bonchev–Trinajstić information content (AvgIpc) is 2.26. The van der Waals surface area contributed by atoms with Gasteiger partial charge < -0.3 is 5.11 Å². The summed E-state index contributed by atoms with van der Waals surface area (Å²) in [6.07, 6.45) is -2.17. The number of fused-ring (bicyclic) bond motifs is 2. The highest BCUT2D eigenvalue weighted by atomic mass is 16.3. The number of hydrogen-bond acceptors (Lipinski definition) is 1. The third-order valence-corrected chi connectivity index (χ3v) is 4.06.